The first-order valence-electron chi connectivity index (χ1n) is 12.5. The molecule has 4 heterocycles. The minimum Gasteiger partial charge on any atom is -0.491 e. The number of benzene rings is 1. The number of nitrogens with one attached hydrogen (secondary N) is 2. The summed E-state index contributed by atoms with van der Waals surface area (Å²) >= 11 is 0. The lowest BCUT2D eigenvalue weighted by atomic mass is 10.1. The zero-order valence-corrected chi connectivity index (χ0v) is 21.8. The second-order valence-corrected chi connectivity index (χ2v) is 9.15. The Labute approximate surface area is 221 Å². The zero-order valence-electron chi connectivity index (χ0n) is 21.8. The second kappa shape index (κ2) is 11.4. The first-order chi connectivity index (χ1) is 18.5. The number of carbonyl (C=O) groups is 1. The highest BCUT2D eigenvalue weighted by Gasteiger charge is 2.21. The Kier molecular flexibility index (Phi) is 7.66. The number of anilines is 3. The van der Waals surface area contributed by atoms with Gasteiger partial charge in [0.1, 0.15) is 18.2 Å². The van der Waals surface area contributed by atoms with Gasteiger partial charge in [0.25, 0.3) is 5.91 Å². The van der Waals surface area contributed by atoms with Gasteiger partial charge in [-0.15, -0.1) is 5.10 Å². The fraction of sp³-hybridized carbons (Fsp3) is 0.333. The van der Waals surface area contributed by atoms with Gasteiger partial charge in [0.05, 0.1) is 41.5 Å². The van der Waals surface area contributed by atoms with Crippen molar-refractivity contribution in [3.8, 4) is 17.0 Å². The maximum absolute atomic E-state index is 13.1. The molecule has 1 aliphatic rings. The van der Waals surface area contributed by atoms with Crippen LogP contribution in [0.1, 0.15) is 10.4 Å². The fourth-order valence-corrected chi connectivity index (χ4v) is 4.34. The van der Waals surface area contributed by atoms with Crippen molar-refractivity contribution in [1.29, 1.82) is 0 Å². The molecule has 0 bridgehead atoms. The van der Waals surface area contributed by atoms with Gasteiger partial charge in [0, 0.05) is 52.9 Å². The number of nitrogens with zero attached hydrogens (tertiary/aromatic N) is 6. The third-order valence-corrected chi connectivity index (χ3v) is 6.31. The lowest BCUT2D eigenvalue weighted by molar-refractivity contribution is 0.0828. The summed E-state index contributed by atoms with van der Waals surface area (Å²) in [4.78, 5) is 26.0. The summed E-state index contributed by atoms with van der Waals surface area (Å²) in [5.74, 6) is 1.62. The molecule has 0 atom stereocenters. The van der Waals surface area contributed by atoms with Crippen LogP contribution in [0.3, 0.4) is 0 Å². The van der Waals surface area contributed by atoms with Crippen LogP contribution in [0.4, 0.5) is 17.5 Å². The van der Waals surface area contributed by atoms with Crippen molar-refractivity contribution >= 4 is 28.9 Å². The van der Waals surface area contributed by atoms with Crippen LogP contribution >= 0.6 is 0 Å². The number of hydrogen-bond acceptors (Lipinski definition) is 9. The van der Waals surface area contributed by atoms with Gasteiger partial charge in [-0.05, 0) is 42.5 Å². The van der Waals surface area contributed by atoms with Crippen LogP contribution in [-0.2, 0) is 4.74 Å². The Morgan fingerprint density at radius 2 is 1.84 bits per heavy atom. The highest BCUT2D eigenvalue weighted by Crippen LogP contribution is 2.30. The molecule has 5 rings (SSSR count). The van der Waals surface area contributed by atoms with E-state index in [1.807, 2.05) is 48.7 Å². The van der Waals surface area contributed by atoms with Crippen LogP contribution in [0.5, 0.6) is 5.75 Å². The molecule has 38 heavy (non-hydrogen) atoms. The number of hydrogen-bond donors (Lipinski definition) is 2. The van der Waals surface area contributed by atoms with Gasteiger partial charge >= 0.3 is 0 Å². The predicted octanol–water partition coefficient (Wildman–Crippen LogP) is 2.67. The molecule has 0 unspecified atom stereocenters. The Morgan fingerprint density at radius 3 is 2.53 bits per heavy atom. The van der Waals surface area contributed by atoms with Gasteiger partial charge in [-0.1, -0.05) is 0 Å². The maximum atomic E-state index is 13.1. The molecule has 1 aromatic carbocycles. The Morgan fingerprint density at radius 1 is 1.05 bits per heavy atom. The summed E-state index contributed by atoms with van der Waals surface area (Å²) in [5.41, 5.74) is 3.83. The van der Waals surface area contributed by atoms with E-state index in [-0.39, 0.29) is 5.91 Å². The number of pyridine rings is 1. The minimum absolute atomic E-state index is 0.120. The van der Waals surface area contributed by atoms with E-state index in [2.05, 4.69) is 25.5 Å². The van der Waals surface area contributed by atoms with E-state index < -0.39 is 0 Å². The molecule has 198 valence electrons. The van der Waals surface area contributed by atoms with Crippen LogP contribution in [0.15, 0.2) is 54.9 Å². The number of rotatable bonds is 9. The van der Waals surface area contributed by atoms with Crippen molar-refractivity contribution in [3.05, 3.63) is 60.4 Å². The first-order valence-corrected chi connectivity index (χ1v) is 12.5. The first kappa shape index (κ1) is 25.4. The Balaban J connectivity index is 1.44. The van der Waals surface area contributed by atoms with Crippen molar-refractivity contribution in [2.45, 2.75) is 0 Å². The standard InChI is InChI=1S/C27H32N8O3/c1-33(2)26(36)23-16-21-18-30-27(31-24-9-6-20(17-29-24)34-12-10-28-11-13-34)32-35(21)25(23)19-4-7-22(8-5-19)38-15-14-37-3/h4-9,16-18,28H,10-15H2,1-3H3,(H,29,31,32). The molecule has 2 N–H and O–H groups in total. The molecule has 1 amide bonds. The van der Waals surface area contributed by atoms with Crippen molar-refractivity contribution in [3.63, 3.8) is 0 Å². The fourth-order valence-electron chi connectivity index (χ4n) is 4.34. The number of piperazine rings is 1. The van der Waals surface area contributed by atoms with Gasteiger partial charge in [0.2, 0.25) is 5.95 Å². The topological polar surface area (TPSA) is 109 Å². The van der Waals surface area contributed by atoms with Crippen molar-refractivity contribution < 1.29 is 14.3 Å². The molecule has 11 heteroatoms. The lowest BCUT2D eigenvalue weighted by Gasteiger charge is -2.29. The third-order valence-electron chi connectivity index (χ3n) is 6.31. The van der Waals surface area contributed by atoms with Gasteiger partial charge in [-0.2, -0.15) is 0 Å². The van der Waals surface area contributed by atoms with E-state index in [0.29, 0.717) is 41.8 Å². The molecular weight excluding hydrogens is 484 g/mol. The van der Waals surface area contributed by atoms with Gasteiger partial charge in [0.15, 0.2) is 0 Å². The SMILES string of the molecule is COCCOc1ccc(-c2c(C(=O)N(C)C)cc3cnc(Nc4ccc(N5CCNCC5)cn4)nn23)cc1. The molecule has 0 saturated carbocycles. The highest BCUT2D eigenvalue weighted by molar-refractivity contribution is 6.02. The molecule has 4 aromatic rings. The largest absolute Gasteiger partial charge is 0.491 e. The summed E-state index contributed by atoms with van der Waals surface area (Å²) in [6.07, 6.45) is 3.56. The van der Waals surface area contributed by atoms with E-state index >= 15 is 0 Å². The van der Waals surface area contributed by atoms with E-state index in [1.165, 1.54) is 0 Å². The number of methoxy groups -OCH3 is 1. The van der Waals surface area contributed by atoms with Crippen LogP contribution < -0.4 is 20.3 Å². The van der Waals surface area contributed by atoms with Crippen molar-refractivity contribution in [2.75, 3.05) is 70.8 Å². The normalized spacial score (nSPS) is 13.5. The molecule has 3 aromatic heterocycles. The number of ether oxygens (including phenoxy) is 2. The number of fused-ring (bicyclic) bond motifs is 1. The average molecular weight is 517 g/mol. The summed E-state index contributed by atoms with van der Waals surface area (Å²) in [6.45, 7) is 4.81. The Bertz CT molecular complexity index is 1380. The lowest BCUT2D eigenvalue weighted by Crippen LogP contribution is -2.43. The summed E-state index contributed by atoms with van der Waals surface area (Å²) in [5, 5.41) is 11.3. The summed E-state index contributed by atoms with van der Waals surface area (Å²) in [7, 11) is 5.10. The van der Waals surface area contributed by atoms with Crippen LogP contribution in [0.2, 0.25) is 0 Å². The molecule has 0 radical (unpaired) electrons. The van der Waals surface area contributed by atoms with E-state index in [1.54, 1.807) is 36.8 Å². The van der Waals surface area contributed by atoms with Gasteiger partial charge in [-0.3, -0.25) is 4.79 Å². The third kappa shape index (κ3) is 5.53. The highest BCUT2D eigenvalue weighted by atomic mass is 16.5. The van der Waals surface area contributed by atoms with Crippen molar-refractivity contribution in [2.24, 2.45) is 0 Å². The van der Waals surface area contributed by atoms with Crippen molar-refractivity contribution in [1.82, 2.24) is 29.8 Å². The maximum Gasteiger partial charge on any atom is 0.255 e. The van der Waals surface area contributed by atoms with Gasteiger partial charge < -0.3 is 29.9 Å². The molecule has 11 nitrogen and oxygen atoms in total. The summed E-state index contributed by atoms with van der Waals surface area (Å²) < 4.78 is 12.5. The minimum atomic E-state index is -0.120. The second-order valence-electron chi connectivity index (χ2n) is 9.15. The molecule has 0 spiro atoms. The molecular formula is C27H32N8O3. The van der Waals surface area contributed by atoms with E-state index in [0.717, 1.165) is 43.2 Å². The average Bonchev–Trinajstić information content (AvgIpc) is 3.33. The summed E-state index contributed by atoms with van der Waals surface area (Å²) in [6, 6.07) is 13.4. The van der Waals surface area contributed by atoms with Crippen LogP contribution in [-0.4, -0.2) is 91.0 Å². The van der Waals surface area contributed by atoms with Crippen LogP contribution in [0, 0.1) is 0 Å². The van der Waals surface area contributed by atoms with E-state index in [4.69, 9.17) is 14.6 Å². The quantitative estimate of drug-likeness (QED) is 0.325. The molecule has 1 saturated heterocycles. The monoisotopic (exact) mass is 516 g/mol. The zero-order chi connectivity index (χ0) is 26.5. The van der Waals surface area contributed by atoms with E-state index in [9.17, 15) is 4.79 Å². The predicted molar refractivity (Wildman–Crippen MR) is 146 cm³/mol. The molecule has 1 fully saturated rings. The van der Waals surface area contributed by atoms with Crippen LogP contribution in [0.25, 0.3) is 16.8 Å². The molecule has 1 aliphatic heterocycles. The number of aromatic nitrogens is 4. The van der Waals surface area contributed by atoms with Gasteiger partial charge in [-0.25, -0.2) is 14.5 Å². The number of carbonyl (C=O) groups excluding carboxylic acids is 1. The molecule has 0 aliphatic carbocycles. The smallest absolute Gasteiger partial charge is 0.255 e. The number of amides is 1. The Hall–Kier alpha value is -4.22.